The number of hydrogen-bond acceptors (Lipinski definition) is 5. The molecule has 168 valence electrons. The highest BCUT2D eigenvalue weighted by Gasteiger charge is 2.38. The van der Waals surface area contributed by atoms with Crippen LogP contribution in [0, 0.1) is 11.7 Å². The molecule has 1 saturated heterocycles. The number of carbonyl (C=O) groups excluding carboxylic acids is 1. The van der Waals surface area contributed by atoms with Gasteiger partial charge in [-0.25, -0.2) is 4.39 Å². The van der Waals surface area contributed by atoms with Crippen LogP contribution in [-0.4, -0.2) is 29.2 Å². The average Bonchev–Trinajstić information content (AvgIpc) is 3.30. The number of carbonyl (C=O) groups is 1. The third-order valence-corrected chi connectivity index (χ3v) is 5.32. The summed E-state index contributed by atoms with van der Waals surface area (Å²) in [6, 6.07) is 12.8. The molecule has 0 unspecified atom stereocenters. The van der Waals surface area contributed by atoms with Gasteiger partial charge in [-0.2, -0.15) is 13.2 Å². The van der Waals surface area contributed by atoms with Crippen molar-refractivity contribution in [3.05, 3.63) is 65.8 Å². The number of aromatic nitrogens is 2. The van der Waals surface area contributed by atoms with Crippen molar-refractivity contribution in [1.82, 2.24) is 15.5 Å². The van der Waals surface area contributed by atoms with Gasteiger partial charge in [-0.05, 0) is 50.2 Å². The first-order valence-electron chi connectivity index (χ1n) is 10.1. The summed E-state index contributed by atoms with van der Waals surface area (Å²) in [5.74, 6) is -2.88. The SMILES string of the molecule is O=C(C1CCNCC1)N(Cc1ccc(-c2nnc(C(F)(F)F)o2)cc1F)c1ccccc1. The van der Waals surface area contributed by atoms with Crippen molar-refractivity contribution < 1.29 is 26.8 Å². The summed E-state index contributed by atoms with van der Waals surface area (Å²) in [6.45, 7) is 1.47. The fourth-order valence-electron chi connectivity index (χ4n) is 3.63. The Kier molecular flexibility index (Phi) is 6.22. The molecule has 0 aliphatic carbocycles. The van der Waals surface area contributed by atoms with Crippen molar-refractivity contribution in [2.75, 3.05) is 18.0 Å². The Morgan fingerprint density at radius 2 is 1.81 bits per heavy atom. The van der Waals surface area contributed by atoms with Crippen molar-refractivity contribution in [3.63, 3.8) is 0 Å². The fraction of sp³-hybridized carbons (Fsp3) is 0.318. The highest BCUT2D eigenvalue weighted by atomic mass is 19.4. The molecular formula is C22H20F4N4O2. The molecule has 2 aromatic carbocycles. The molecule has 0 radical (unpaired) electrons. The van der Waals surface area contributed by atoms with Crippen LogP contribution >= 0.6 is 0 Å². The van der Waals surface area contributed by atoms with E-state index in [4.69, 9.17) is 0 Å². The fourth-order valence-corrected chi connectivity index (χ4v) is 3.63. The normalized spacial score (nSPS) is 15.0. The van der Waals surface area contributed by atoms with Crippen LogP contribution in [0.25, 0.3) is 11.5 Å². The highest BCUT2D eigenvalue weighted by molar-refractivity contribution is 5.95. The molecule has 1 N–H and O–H groups in total. The van der Waals surface area contributed by atoms with E-state index in [0.717, 1.165) is 19.2 Å². The summed E-state index contributed by atoms with van der Waals surface area (Å²) in [5, 5.41) is 9.52. The number of alkyl halides is 3. The Labute approximate surface area is 181 Å². The third kappa shape index (κ3) is 4.80. The summed E-state index contributed by atoms with van der Waals surface area (Å²) in [4.78, 5) is 14.8. The zero-order chi connectivity index (χ0) is 22.7. The van der Waals surface area contributed by atoms with Crippen LogP contribution in [0.3, 0.4) is 0 Å². The second kappa shape index (κ2) is 9.07. The summed E-state index contributed by atoms with van der Waals surface area (Å²) in [7, 11) is 0. The van der Waals surface area contributed by atoms with Gasteiger partial charge >= 0.3 is 12.1 Å². The molecule has 10 heteroatoms. The molecular weight excluding hydrogens is 428 g/mol. The number of nitrogens with one attached hydrogen (secondary N) is 1. The molecule has 0 atom stereocenters. The van der Waals surface area contributed by atoms with Crippen LogP contribution in [-0.2, 0) is 17.5 Å². The zero-order valence-corrected chi connectivity index (χ0v) is 16.9. The van der Waals surface area contributed by atoms with Crippen molar-refractivity contribution in [2.45, 2.75) is 25.6 Å². The lowest BCUT2D eigenvalue weighted by Gasteiger charge is -2.30. The summed E-state index contributed by atoms with van der Waals surface area (Å²) < 4.78 is 57.6. The molecule has 32 heavy (non-hydrogen) atoms. The molecule has 6 nitrogen and oxygen atoms in total. The number of rotatable bonds is 5. The summed E-state index contributed by atoms with van der Waals surface area (Å²) in [6.07, 6.45) is -3.39. The van der Waals surface area contributed by atoms with Gasteiger partial charge in [-0.3, -0.25) is 4.79 Å². The van der Waals surface area contributed by atoms with E-state index in [2.05, 4.69) is 19.9 Å². The van der Waals surface area contributed by atoms with Crippen LogP contribution in [0.4, 0.5) is 23.2 Å². The molecule has 4 rings (SSSR count). The minimum Gasteiger partial charge on any atom is -0.413 e. The van der Waals surface area contributed by atoms with Crippen LogP contribution in [0.5, 0.6) is 0 Å². The number of nitrogens with zero attached hydrogens (tertiary/aromatic N) is 3. The Bertz CT molecular complexity index is 1080. The van der Waals surface area contributed by atoms with Gasteiger partial charge in [0, 0.05) is 22.7 Å². The van der Waals surface area contributed by atoms with E-state index in [1.54, 1.807) is 29.2 Å². The van der Waals surface area contributed by atoms with Gasteiger partial charge in [0.1, 0.15) is 5.82 Å². The number of halogens is 4. The van der Waals surface area contributed by atoms with Crippen molar-refractivity contribution in [1.29, 1.82) is 0 Å². The van der Waals surface area contributed by atoms with Gasteiger partial charge in [0.05, 0.1) is 6.54 Å². The van der Waals surface area contributed by atoms with Gasteiger partial charge in [-0.1, -0.05) is 24.3 Å². The van der Waals surface area contributed by atoms with E-state index >= 15 is 0 Å². The topological polar surface area (TPSA) is 71.3 Å². The average molecular weight is 448 g/mol. The molecule has 1 amide bonds. The number of amides is 1. The van der Waals surface area contributed by atoms with E-state index < -0.39 is 23.8 Å². The van der Waals surface area contributed by atoms with E-state index in [-0.39, 0.29) is 29.5 Å². The van der Waals surface area contributed by atoms with E-state index in [1.165, 1.54) is 12.1 Å². The Balaban J connectivity index is 1.59. The van der Waals surface area contributed by atoms with Crippen molar-refractivity contribution >= 4 is 11.6 Å². The minimum absolute atomic E-state index is 0.0173. The quantitative estimate of drug-likeness (QED) is 0.585. The van der Waals surface area contributed by atoms with Gasteiger partial charge in [0.25, 0.3) is 0 Å². The van der Waals surface area contributed by atoms with E-state index in [1.807, 2.05) is 6.07 Å². The summed E-state index contributed by atoms with van der Waals surface area (Å²) >= 11 is 0. The Morgan fingerprint density at radius 3 is 2.44 bits per heavy atom. The van der Waals surface area contributed by atoms with E-state index in [0.29, 0.717) is 18.5 Å². The van der Waals surface area contributed by atoms with Crippen molar-refractivity contribution in [2.24, 2.45) is 5.92 Å². The molecule has 0 spiro atoms. The second-order valence-corrected chi connectivity index (χ2v) is 7.50. The largest absolute Gasteiger partial charge is 0.470 e. The molecule has 1 aromatic heterocycles. The lowest BCUT2D eigenvalue weighted by molar-refractivity contribution is -0.156. The van der Waals surface area contributed by atoms with Crippen molar-refractivity contribution in [3.8, 4) is 11.5 Å². The lowest BCUT2D eigenvalue weighted by Crippen LogP contribution is -2.41. The maximum absolute atomic E-state index is 14.9. The monoisotopic (exact) mass is 448 g/mol. The molecule has 1 fully saturated rings. The molecule has 0 saturated carbocycles. The van der Waals surface area contributed by atoms with Crippen LogP contribution in [0.15, 0.2) is 52.9 Å². The van der Waals surface area contributed by atoms with Crippen LogP contribution < -0.4 is 10.2 Å². The predicted octanol–water partition coefficient (Wildman–Crippen LogP) is 4.43. The minimum atomic E-state index is -4.78. The first kappa shape index (κ1) is 21.9. The Hall–Kier alpha value is -3.27. The smallest absolute Gasteiger partial charge is 0.413 e. The third-order valence-electron chi connectivity index (χ3n) is 5.32. The Morgan fingerprint density at radius 1 is 1.09 bits per heavy atom. The first-order valence-corrected chi connectivity index (χ1v) is 10.1. The van der Waals surface area contributed by atoms with Crippen LogP contribution in [0.2, 0.25) is 0 Å². The lowest BCUT2D eigenvalue weighted by atomic mass is 9.96. The van der Waals surface area contributed by atoms with Gasteiger partial charge < -0.3 is 14.6 Å². The molecule has 2 heterocycles. The maximum atomic E-state index is 14.9. The van der Waals surface area contributed by atoms with Gasteiger partial charge in [0.15, 0.2) is 0 Å². The molecule has 3 aromatic rings. The molecule has 0 bridgehead atoms. The number of hydrogen-bond donors (Lipinski definition) is 1. The van der Waals surface area contributed by atoms with E-state index in [9.17, 15) is 22.4 Å². The highest BCUT2D eigenvalue weighted by Crippen LogP contribution is 2.31. The summed E-state index contributed by atoms with van der Waals surface area (Å²) in [5.41, 5.74) is 0.881. The standard InChI is InChI=1S/C22H20F4N4O2/c23-18-12-15(19-28-29-21(32-19)22(24,25)26)6-7-16(18)13-30(17-4-2-1-3-5-17)20(31)14-8-10-27-11-9-14/h1-7,12,14,27H,8-11,13H2. The molecule has 1 aliphatic rings. The second-order valence-electron chi connectivity index (χ2n) is 7.50. The van der Waals surface area contributed by atoms with Gasteiger partial charge in [-0.15, -0.1) is 10.2 Å². The zero-order valence-electron chi connectivity index (χ0n) is 16.9. The molecule has 1 aliphatic heterocycles. The predicted molar refractivity (Wildman–Crippen MR) is 108 cm³/mol. The first-order chi connectivity index (χ1) is 15.3. The van der Waals surface area contributed by atoms with Gasteiger partial charge in [0.2, 0.25) is 11.8 Å². The number of para-hydroxylation sites is 1. The number of benzene rings is 2. The van der Waals surface area contributed by atoms with Crippen LogP contribution in [0.1, 0.15) is 24.3 Å². The number of anilines is 1. The number of piperidine rings is 1. The maximum Gasteiger partial charge on any atom is 0.470 e.